The van der Waals surface area contributed by atoms with Gasteiger partial charge in [-0.25, -0.2) is 0 Å². The van der Waals surface area contributed by atoms with Crippen LogP contribution in [-0.2, 0) is 9.47 Å². The number of methoxy groups -OCH3 is 2. The molecular weight excluding hydrogens is 774 g/mol. The van der Waals surface area contributed by atoms with Gasteiger partial charge in [0.2, 0.25) is 0 Å². The molecule has 0 atom stereocenters. The molecule has 0 radical (unpaired) electrons. The van der Waals surface area contributed by atoms with Crippen LogP contribution in [0.1, 0.15) is 11.1 Å². The van der Waals surface area contributed by atoms with Gasteiger partial charge in [0, 0.05) is 25.3 Å². The summed E-state index contributed by atoms with van der Waals surface area (Å²) in [6, 6.07) is 34.9. The lowest BCUT2D eigenvalue weighted by molar-refractivity contribution is 0.0495. The van der Waals surface area contributed by atoms with Crippen molar-refractivity contribution in [2.24, 2.45) is 0 Å². The molecule has 0 saturated carbocycles. The average Bonchev–Trinajstić information content (AvgIpc) is 3.02. The van der Waals surface area contributed by atoms with Crippen molar-refractivity contribution in [3.8, 4) is 44.9 Å². The molecule has 0 aliphatic carbocycles. The van der Waals surface area contributed by atoms with E-state index in [1.54, 1.807) is 14.2 Å². The maximum absolute atomic E-state index is 6.34. The molecular formula is C38H32I2O4. The standard InChI is InChI=1S/C38H32I2O4/c1-23-5-9-25(10-6-23)27-13-15-31-29(17-27)19-33(39)37(43-21-41-3)35(31)36-32-16-14-28(26-11-7-24(2)8-12-26)18-30(32)20-34(40)38(36)44-22-42-4/h5-20H,21-22H2,1-4H3. The smallest absolute Gasteiger partial charge is 0.188 e. The number of benzene rings is 6. The Kier molecular flexibility index (Phi) is 9.42. The summed E-state index contributed by atoms with van der Waals surface area (Å²) in [5.74, 6) is 1.52. The number of ether oxygens (including phenoxy) is 4. The van der Waals surface area contributed by atoms with Gasteiger partial charge in [0.25, 0.3) is 0 Å². The summed E-state index contributed by atoms with van der Waals surface area (Å²) in [6.45, 7) is 4.48. The van der Waals surface area contributed by atoms with E-state index in [0.29, 0.717) is 0 Å². The molecule has 0 fully saturated rings. The number of aryl methyl sites for hydroxylation is 2. The van der Waals surface area contributed by atoms with Crippen LogP contribution >= 0.6 is 45.2 Å². The Morgan fingerprint density at radius 2 is 0.841 bits per heavy atom. The summed E-state index contributed by atoms with van der Waals surface area (Å²) in [7, 11) is 3.28. The second-order valence-electron chi connectivity index (χ2n) is 10.8. The number of rotatable bonds is 9. The van der Waals surface area contributed by atoms with Crippen molar-refractivity contribution in [2.75, 3.05) is 27.8 Å². The SMILES string of the molecule is COCOc1c(I)cc2cc(-c3ccc(C)cc3)ccc2c1-c1c(OCOC)c(I)cc2cc(-c3ccc(C)cc3)ccc12. The van der Waals surface area contributed by atoms with E-state index < -0.39 is 0 Å². The van der Waals surface area contributed by atoms with Gasteiger partial charge in [-0.1, -0.05) is 83.9 Å². The van der Waals surface area contributed by atoms with Gasteiger partial charge in [0.05, 0.1) is 7.14 Å². The Morgan fingerprint density at radius 1 is 0.477 bits per heavy atom. The second-order valence-corrected chi connectivity index (χ2v) is 13.2. The molecule has 0 unspecified atom stereocenters. The lowest BCUT2D eigenvalue weighted by atomic mass is 9.90. The molecule has 0 N–H and O–H groups in total. The Labute approximate surface area is 285 Å². The molecule has 44 heavy (non-hydrogen) atoms. The van der Waals surface area contributed by atoms with E-state index in [4.69, 9.17) is 18.9 Å². The molecule has 0 aliphatic rings. The molecule has 0 amide bonds. The summed E-state index contributed by atoms with van der Waals surface area (Å²) < 4.78 is 25.4. The fraction of sp³-hybridized carbons (Fsp3) is 0.158. The third kappa shape index (κ3) is 6.18. The molecule has 0 aromatic heterocycles. The normalized spacial score (nSPS) is 11.3. The third-order valence-electron chi connectivity index (χ3n) is 7.76. The van der Waals surface area contributed by atoms with Gasteiger partial charge in [-0.05, 0) is 127 Å². The Hall–Kier alpha value is -3.18. The van der Waals surface area contributed by atoms with Crippen molar-refractivity contribution in [2.45, 2.75) is 13.8 Å². The monoisotopic (exact) mass is 806 g/mol. The minimum Gasteiger partial charge on any atom is -0.466 e. The molecule has 222 valence electrons. The fourth-order valence-corrected chi connectivity index (χ4v) is 7.09. The van der Waals surface area contributed by atoms with Crippen LogP contribution in [0.25, 0.3) is 54.9 Å². The highest BCUT2D eigenvalue weighted by molar-refractivity contribution is 14.1. The molecule has 6 aromatic rings. The van der Waals surface area contributed by atoms with Crippen LogP contribution in [0.3, 0.4) is 0 Å². The lowest BCUT2D eigenvalue weighted by Gasteiger charge is -2.22. The Balaban J connectivity index is 1.65. The Bertz CT molecular complexity index is 1820. The van der Waals surface area contributed by atoms with Crippen LogP contribution in [0.5, 0.6) is 11.5 Å². The maximum atomic E-state index is 6.34. The van der Waals surface area contributed by atoms with E-state index in [1.165, 1.54) is 22.3 Å². The van der Waals surface area contributed by atoms with Crippen molar-refractivity contribution in [1.82, 2.24) is 0 Å². The molecule has 0 bridgehead atoms. The quantitative estimate of drug-likeness (QED) is 0.108. The number of halogens is 2. The largest absolute Gasteiger partial charge is 0.466 e. The number of hydrogen-bond donors (Lipinski definition) is 0. The highest BCUT2D eigenvalue weighted by Gasteiger charge is 2.24. The first kappa shape index (κ1) is 30.8. The molecule has 0 heterocycles. The van der Waals surface area contributed by atoms with E-state index in [9.17, 15) is 0 Å². The number of fused-ring (bicyclic) bond motifs is 2. The summed E-state index contributed by atoms with van der Waals surface area (Å²) in [4.78, 5) is 0. The van der Waals surface area contributed by atoms with E-state index in [-0.39, 0.29) is 13.6 Å². The molecule has 0 spiro atoms. The minimum absolute atomic E-state index is 0.129. The minimum atomic E-state index is 0.129. The zero-order chi connectivity index (χ0) is 30.8. The molecule has 4 nitrogen and oxygen atoms in total. The summed E-state index contributed by atoms with van der Waals surface area (Å²) in [5.41, 5.74) is 9.11. The predicted octanol–water partition coefficient (Wildman–Crippen LogP) is 10.8. The van der Waals surface area contributed by atoms with Crippen LogP contribution in [0, 0.1) is 21.0 Å². The molecule has 6 aromatic carbocycles. The maximum Gasteiger partial charge on any atom is 0.188 e. The third-order valence-corrected chi connectivity index (χ3v) is 9.36. The zero-order valence-corrected chi connectivity index (χ0v) is 29.4. The highest BCUT2D eigenvalue weighted by atomic mass is 127. The molecule has 6 rings (SSSR count). The van der Waals surface area contributed by atoms with Crippen molar-refractivity contribution < 1.29 is 18.9 Å². The van der Waals surface area contributed by atoms with Crippen molar-refractivity contribution >= 4 is 66.7 Å². The van der Waals surface area contributed by atoms with Gasteiger partial charge in [0.15, 0.2) is 13.6 Å². The van der Waals surface area contributed by atoms with Gasteiger partial charge in [0.1, 0.15) is 11.5 Å². The van der Waals surface area contributed by atoms with Crippen molar-refractivity contribution in [1.29, 1.82) is 0 Å². The first-order valence-corrected chi connectivity index (χ1v) is 16.4. The fourth-order valence-electron chi connectivity index (χ4n) is 5.57. The van der Waals surface area contributed by atoms with E-state index >= 15 is 0 Å². The first-order chi connectivity index (χ1) is 21.4. The van der Waals surface area contributed by atoms with Gasteiger partial charge < -0.3 is 18.9 Å². The van der Waals surface area contributed by atoms with Gasteiger partial charge >= 0.3 is 0 Å². The summed E-state index contributed by atoms with van der Waals surface area (Å²) in [6.07, 6.45) is 0. The van der Waals surface area contributed by atoms with Crippen LogP contribution < -0.4 is 9.47 Å². The van der Waals surface area contributed by atoms with E-state index in [2.05, 4.69) is 156 Å². The first-order valence-electron chi connectivity index (χ1n) is 14.3. The van der Waals surface area contributed by atoms with Gasteiger partial charge in [-0.3, -0.25) is 0 Å². The van der Waals surface area contributed by atoms with Crippen LogP contribution in [0.2, 0.25) is 0 Å². The zero-order valence-electron chi connectivity index (χ0n) is 25.0. The topological polar surface area (TPSA) is 36.9 Å². The van der Waals surface area contributed by atoms with Crippen LogP contribution in [-0.4, -0.2) is 27.8 Å². The molecule has 6 heteroatoms. The Morgan fingerprint density at radius 3 is 1.20 bits per heavy atom. The number of hydrogen-bond acceptors (Lipinski definition) is 4. The summed E-state index contributed by atoms with van der Waals surface area (Å²) in [5, 5.41) is 4.38. The summed E-state index contributed by atoms with van der Waals surface area (Å²) >= 11 is 4.74. The average molecular weight is 806 g/mol. The van der Waals surface area contributed by atoms with Gasteiger partial charge in [-0.2, -0.15) is 0 Å². The van der Waals surface area contributed by atoms with Crippen molar-refractivity contribution in [3.63, 3.8) is 0 Å². The molecule has 0 aliphatic heterocycles. The second kappa shape index (κ2) is 13.4. The van der Waals surface area contributed by atoms with E-state index in [1.807, 2.05) is 0 Å². The van der Waals surface area contributed by atoms with Crippen molar-refractivity contribution in [3.05, 3.63) is 115 Å². The predicted molar refractivity (Wildman–Crippen MR) is 198 cm³/mol. The lowest BCUT2D eigenvalue weighted by Crippen LogP contribution is -2.06. The van der Waals surface area contributed by atoms with Crippen LogP contribution in [0.4, 0.5) is 0 Å². The highest BCUT2D eigenvalue weighted by Crippen LogP contribution is 2.50. The van der Waals surface area contributed by atoms with Crippen LogP contribution in [0.15, 0.2) is 97.1 Å². The molecule has 0 saturated heterocycles. The van der Waals surface area contributed by atoms with E-state index in [0.717, 1.165) is 62.4 Å². The van der Waals surface area contributed by atoms with Gasteiger partial charge in [-0.15, -0.1) is 0 Å².